The van der Waals surface area contributed by atoms with Crippen molar-refractivity contribution in [2.24, 2.45) is 23.7 Å². The Morgan fingerprint density at radius 3 is 2.23 bits per heavy atom. The molecule has 1 aliphatic carbocycles. The van der Waals surface area contributed by atoms with Crippen molar-refractivity contribution in [3.63, 3.8) is 0 Å². The van der Waals surface area contributed by atoms with Crippen LogP contribution < -0.4 is 0 Å². The first-order chi connectivity index (χ1) is 6.20. The zero-order chi connectivity index (χ0) is 9.05. The topological polar surface area (TPSA) is 23.1 Å². The summed E-state index contributed by atoms with van der Waals surface area (Å²) in [4.78, 5) is 0. The van der Waals surface area contributed by atoms with Crippen LogP contribution in [0, 0.1) is 28.9 Å². The zero-order valence-electron chi connectivity index (χ0n) is 8.41. The number of hydroxylamine groups is 3. The van der Waals surface area contributed by atoms with Crippen LogP contribution in [0.2, 0.25) is 0 Å². The molecule has 74 valence electrons. The molecule has 0 spiro atoms. The summed E-state index contributed by atoms with van der Waals surface area (Å²) in [5, 5.41) is 12.2. The fourth-order valence-electron chi connectivity index (χ4n) is 4.47. The number of hydrogen-bond acceptors (Lipinski definition) is 1. The van der Waals surface area contributed by atoms with Crippen molar-refractivity contribution in [3.8, 4) is 0 Å². The lowest BCUT2D eigenvalue weighted by atomic mass is 9.61. The molecule has 13 heavy (non-hydrogen) atoms. The first-order valence-electron chi connectivity index (χ1n) is 5.77. The van der Waals surface area contributed by atoms with E-state index in [1.54, 1.807) is 0 Å². The molecule has 1 saturated carbocycles. The van der Waals surface area contributed by atoms with Gasteiger partial charge in [0.25, 0.3) is 0 Å². The third kappa shape index (κ3) is 1.08. The Morgan fingerprint density at radius 1 is 1.15 bits per heavy atom. The molecule has 4 bridgehead atoms. The van der Waals surface area contributed by atoms with Crippen molar-refractivity contribution in [2.45, 2.75) is 26.2 Å². The normalized spacial score (nSPS) is 58.6. The predicted octanol–water partition coefficient (Wildman–Crippen LogP) is 2.00. The summed E-state index contributed by atoms with van der Waals surface area (Å²) < 4.78 is 0.177. The third-order valence-electron chi connectivity index (χ3n) is 4.68. The van der Waals surface area contributed by atoms with Crippen LogP contribution in [0.15, 0.2) is 0 Å². The molecule has 4 rings (SSSR count). The van der Waals surface area contributed by atoms with Gasteiger partial charge in [-0.15, -0.1) is 0 Å². The van der Waals surface area contributed by atoms with Crippen molar-refractivity contribution in [1.29, 1.82) is 0 Å². The van der Waals surface area contributed by atoms with Gasteiger partial charge in [0.1, 0.15) is 0 Å². The Balaban J connectivity index is 1.90. The highest BCUT2D eigenvalue weighted by atomic mass is 16.5. The molecule has 4 fully saturated rings. The van der Waals surface area contributed by atoms with Crippen molar-refractivity contribution >= 4 is 0 Å². The molecule has 0 aromatic rings. The second kappa shape index (κ2) is 2.48. The Hall–Kier alpha value is -0.0800. The van der Waals surface area contributed by atoms with E-state index in [-0.39, 0.29) is 4.65 Å². The van der Waals surface area contributed by atoms with E-state index in [9.17, 15) is 5.21 Å². The van der Waals surface area contributed by atoms with Crippen LogP contribution in [0.1, 0.15) is 26.2 Å². The smallest absolute Gasteiger partial charge is 0.0815 e. The lowest BCUT2D eigenvalue weighted by molar-refractivity contribution is -0.911. The summed E-state index contributed by atoms with van der Waals surface area (Å²) in [6.45, 7) is 5.15. The highest BCUT2D eigenvalue weighted by Gasteiger charge is 2.52. The molecule has 3 saturated heterocycles. The van der Waals surface area contributed by atoms with Gasteiger partial charge in [-0.25, -0.2) is 0 Å². The van der Waals surface area contributed by atoms with Gasteiger partial charge in [0.15, 0.2) is 0 Å². The molecule has 2 unspecified atom stereocenters. The Labute approximate surface area is 80.1 Å². The number of rotatable bonds is 1. The van der Waals surface area contributed by atoms with Gasteiger partial charge in [0, 0.05) is 17.8 Å². The van der Waals surface area contributed by atoms with E-state index in [2.05, 4.69) is 6.92 Å². The molecule has 0 aromatic carbocycles. The molecule has 3 aliphatic heterocycles. The fraction of sp³-hybridized carbons (Fsp3) is 1.00. The number of hydrogen-bond donors (Lipinski definition) is 0. The molecule has 4 aliphatic rings. The zero-order valence-corrected chi connectivity index (χ0v) is 8.41. The monoisotopic (exact) mass is 181 g/mol. The van der Waals surface area contributed by atoms with Crippen LogP contribution in [0.4, 0.5) is 0 Å². The minimum atomic E-state index is 0.177. The predicted molar refractivity (Wildman–Crippen MR) is 51.7 cm³/mol. The summed E-state index contributed by atoms with van der Waals surface area (Å²) >= 11 is 0. The lowest BCUT2D eigenvalue weighted by Crippen LogP contribution is -2.65. The SMILES string of the molecule is CCC1C2CC3CC1C[N+]([O-])(C3)C2. The molecule has 0 radical (unpaired) electrons. The summed E-state index contributed by atoms with van der Waals surface area (Å²) in [6.07, 6.45) is 4.05. The van der Waals surface area contributed by atoms with Gasteiger partial charge in [-0.1, -0.05) is 13.3 Å². The van der Waals surface area contributed by atoms with Gasteiger partial charge in [0.05, 0.1) is 19.6 Å². The van der Waals surface area contributed by atoms with Gasteiger partial charge in [0.2, 0.25) is 0 Å². The van der Waals surface area contributed by atoms with Gasteiger partial charge in [-0.2, -0.15) is 0 Å². The van der Waals surface area contributed by atoms with E-state index in [4.69, 9.17) is 0 Å². The van der Waals surface area contributed by atoms with Crippen molar-refractivity contribution in [3.05, 3.63) is 5.21 Å². The minimum Gasteiger partial charge on any atom is -0.633 e. The number of piperidine rings is 3. The van der Waals surface area contributed by atoms with Gasteiger partial charge >= 0.3 is 0 Å². The average molecular weight is 181 g/mol. The van der Waals surface area contributed by atoms with Crippen LogP contribution in [0.25, 0.3) is 0 Å². The van der Waals surface area contributed by atoms with E-state index >= 15 is 0 Å². The van der Waals surface area contributed by atoms with Crippen LogP contribution >= 0.6 is 0 Å². The first kappa shape index (κ1) is 8.25. The second-order valence-corrected chi connectivity index (χ2v) is 5.54. The van der Waals surface area contributed by atoms with E-state index in [1.165, 1.54) is 19.3 Å². The standard InChI is InChI=1S/C11H19NO/c1-2-11-9-3-8-4-10(11)7-12(13,5-8)6-9/h8-11H,2-7H2,1H3. The Bertz CT molecular complexity index is 212. The molecular weight excluding hydrogens is 162 g/mol. The van der Waals surface area contributed by atoms with Gasteiger partial charge in [-0.3, -0.25) is 0 Å². The molecular formula is C11H19NO. The van der Waals surface area contributed by atoms with Gasteiger partial charge in [-0.05, 0) is 18.8 Å². The largest absolute Gasteiger partial charge is 0.633 e. The van der Waals surface area contributed by atoms with Crippen LogP contribution in [0.5, 0.6) is 0 Å². The Kier molecular flexibility index (Phi) is 1.58. The molecule has 2 heteroatoms. The van der Waals surface area contributed by atoms with Crippen LogP contribution in [-0.2, 0) is 0 Å². The molecule has 3 heterocycles. The van der Waals surface area contributed by atoms with Crippen molar-refractivity contribution in [2.75, 3.05) is 19.6 Å². The summed E-state index contributed by atoms with van der Waals surface area (Å²) in [5.41, 5.74) is 0. The van der Waals surface area contributed by atoms with Crippen LogP contribution in [-0.4, -0.2) is 24.3 Å². The van der Waals surface area contributed by atoms with E-state index in [0.717, 1.165) is 43.3 Å². The Morgan fingerprint density at radius 2 is 1.77 bits per heavy atom. The van der Waals surface area contributed by atoms with E-state index < -0.39 is 0 Å². The summed E-state index contributed by atoms with van der Waals surface area (Å²) in [6, 6.07) is 0. The van der Waals surface area contributed by atoms with Crippen molar-refractivity contribution < 1.29 is 4.65 Å². The maximum atomic E-state index is 12.2. The van der Waals surface area contributed by atoms with E-state index in [1.807, 2.05) is 0 Å². The van der Waals surface area contributed by atoms with Crippen molar-refractivity contribution in [1.82, 2.24) is 0 Å². The molecule has 0 aromatic heterocycles. The minimum absolute atomic E-state index is 0.177. The maximum absolute atomic E-state index is 12.2. The highest BCUT2D eigenvalue weighted by molar-refractivity contribution is 4.93. The molecule has 2 nitrogen and oxygen atoms in total. The molecule has 2 atom stereocenters. The maximum Gasteiger partial charge on any atom is 0.0815 e. The molecule has 0 amide bonds. The third-order valence-corrected chi connectivity index (χ3v) is 4.68. The number of quaternary nitrogens is 1. The van der Waals surface area contributed by atoms with E-state index in [0.29, 0.717) is 0 Å². The highest BCUT2D eigenvalue weighted by Crippen LogP contribution is 2.50. The fourth-order valence-corrected chi connectivity index (χ4v) is 4.47. The van der Waals surface area contributed by atoms with Crippen LogP contribution in [0.3, 0.4) is 0 Å². The van der Waals surface area contributed by atoms with Gasteiger partial charge < -0.3 is 9.85 Å². The molecule has 0 N–H and O–H groups in total. The lowest BCUT2D eigenvalue weighted by Gasteiger charge is -2.63. The summed E-state index contributed by atoms with van der Waals surface area (Å²) in [7, 11) is 0. The first-order valence-corrected chi connectivity index (χ1v) is 5.77. The quantitative estimate of drug-likeness (QED) is 0.448. The summed E-state index contributed by atoms with van der Waals surface area (Å²) in [5.74, 6) is 3.26. The number of nitrogens with zero attached hydrogens (tertiary/aromatic N) is 1. The average Bonchev–Trinajstić information content (AvgIpc) is 2.00. The second-order valence-electron chi connectivity index (χ2n) is 5.54.